The molecule has 0 radical (unpaired) electrons. The Kier molecular flexibility index (Phi) is 6.36. The lowest BCUT2D eigenvalue weighted by Crippen LogP contribution is -2.44. The first-order valence-electron chi connectivity index (χ1n) is 10.4. The highest BCUT2D eigenvalue weighted by Gasteiger charge is 2.33. The summed E-state index contributed by atoms with van der Waals surface area (Å²) in [6, 6.07) is 5.41. The molecule has 2 heterocycles. The summed E-state index contributed by atoms with van der Waals surface area (Å²) in [4.78, 5) is 26.3. The van der Waals surface area contributed by atoms with Crippen LogP contribution in [0.25, 0.3) is 0 Å². The van der Waals surface area contributed by atoms with E-state index in [1.165, 1.54) is 0 Å². The Morgan fingerprint density at radius 1 is 1.31 bits per heavy atom. The van der Waals surface area contributed by atoms with E-state index in [9.17, 15) is 14.7 Å². The monoisotopic (exact) mass is 404 g/mol. The summed E-state index contributed by atoms with van der Waals surface area (Å²) in [5, 5.41) is 13.2. The summed E-state index contributed by atoms with van der Waals surface area (Å²) in [6.07, 6.45) is 1.08. The van der Waals surface area contributed by atoms with Gasteiger partial charge in [0.25, 0.3) is 5.91 Å². The van der Waals surface area contributed by atoms with Gasteiger partial charge in [-0.25, -0.2) is 0 Å². The second kappa shape index (κ2) is 8.61. The molecule has 3 rings (SSSR count). The van der Waals surface area contributed by atoms with E-state index in [2.05, 4.69) is 5.32 Å². The average Bonchev–Trinajstić information content (AvgIpc) is 2.87. The van der Waals surface area contributed by atoms with E-state index in [4.69, 9.17) is 9.47 Å². The molecular formula is C22H32N2O5. The third-order valence-corrected chi connectivity index (χ3v) is 5.48. The molecule has 1 aromatic carbocycles. The maximum absolute atomic E-state index is 12.7. The summed E-state index contributed by atoms with van der Waals surface area (Å²) >= 11 is 0. The van der Waals surface area contributed by atoms with Gasteiger partial charge in [-0.05, 0) is 32.8 Å². The predicted molar refractivity (Wildman–Crippen MR) is 109 cm³/mol. The number of aliphatic hydroxyl groups excluding tert-OH is 1. The van der Waals surface area contributed by atoms with Crippen molar-refractivity contribution in [1.29, 1.82) is 0 Å². The van der Waals surface area contributed by atoms with Crippen molar-refractivity contribution in [3.05, 3.63) is 23.8 Å². The van der Waals surface area contributed by atoms with Crippen LogP contribution in [0.3, 0.4) is 0 Å². The zero-order valence-corrected chi connectivity index (χ0v) is 17.7. The van der Waals surface area contributed by atoms with Crippen LogP contribution in [0, 0.1) is 5.92 Å². The number of benzene rings is 1. The van der Waals surface area contributed by atoms with Crippen molar-refractivity contribution >= 4 is 11.8 Å². The Morgan fingerprint density at radius 3 is 2.76 bits per heavy atom. The number of fused-ring (bicyclic) bond motifs is 1. The smallest absolute Gasteiger partial charge is 0.260 e. The molecule has 0 saturated carbocycles. The molecule has 2 aliphatic rings. The van der Waals surface area contributed by atoms with Gasteiger partial charge in [0, 0.05) is 31.0 Å². The van der Waals surface area contributed by atoms with Crippen LogP contribution in [0.1, 0.15) is 46.1 Å². The number of amides is 2. The highest BCUT2D eigenvalue weighted by molar-refractivity contribution is 5.79. The Morgan fingerprint density at radius 2 is 2.03 bits per heavy atom. The molecule has 0 spiro atoms. The molecule has 1 saturated heterocycles. The van der Waals surface area contributed by atoms with Crippen LogP contribution >= 0.6 is 0 Å². The topological polar surface area (TPSA) is 88.1 Å². The van der Waals surface area contributed by atoms with E-state index in [0.717, 1.165) is 12.0 Å². The van der Waals surface area contributed by atoms with Crippen LogP contribution in [0.15, 0.2) is 18.2 Å². The maximum atomic E-state index is 12.7. The first-order valence-corrected chi connectivity index (χ1v) is 10.4. The Labute approximate surface area is 172 Å². The molecule has 2 atom stereocenters. The third-order valence-electron chi connectivity index (χ3n) is 5.48. The summed E-state index contributed by atoms with van der Waals surface area (Å²) in [6.45, 7) is 8.51. The lowest BCUT2D eigenvalue weighted by atomic mass is 10.0. The minimum absolute atomic E-state index is 0.0840. The van der Waals surface area contributed by atoms with Crippen LogP contribution in [0.2, 0.25) is 0 Å². The van der Waals surface area contributed by atoms with Crippen LogP contribution in [0.5, 0.6) is 11.5 Å². The van der Waals surface area contributed by atoms with Gasteiger partial charge in [0.05, 0.1) is 12.1 Å². The molecule has 160 valence electrons. The van der Waals surface area contributed by atoms with Crippen molar-refractivity contribution in [2.45, 2.75) is 64.7 Å². The Bertz CT molecular complexity index is 762. The molecule has 2 amide bonds. The average molecular weight is 405 g/mol. The number of likely N-dealkylation sites (tertiary alicyclic amines) is 1. The third kappa shape index (κ3) is 5.21. The number of hydrogen-bond donors (Lipinski definition) is 2. The number of carbonyl (C=O) groups is 2. The number of ether oxygens (including phenoxy) is 2. The van der Waals surface area contributed by atoms with Crippen LogP contribution < -0.4 is 14.8 Å². The molecule has 1 fully saturated rings. The Balaban J connectivity index is 1.56. The van der Waals surface area contributed by atoms with Gasteiger partial charge in [-0.3, -0.25) is 9.59 Å². The van der Waals surface area contributed by atoms with Gasteiger partial charge in [-0.15, -0.1) is 0 Å². The molecule has 2 aliphatic heterocycles. The molecule has 7 nitrogen and oxygen atoms in total. The number of rotatable bonds is 5. The van der Waals surface area contributed by atoms with Gasteiger partial charge in [0.1, 0.15) is 5.60 Å². The number of hydrogen-bond acceptors (Lipinski definition) is 5. The second-order valence-corrected chi connectivity index (χ2v) is 8.87. The summed E-state index contributed by atoms with van der Waals surface area (Å²) in [7, 11) is 0. The highest BCUT2D eigenvalue weighted by atomic mass is 16.5. The number of carbonyl (C=O) groups excluding carboxylic acids is 2. The van der Waals surface area contributed by atoms with E-state index in [-0.39, 0.29) is 36.0 Å². The molecule has 7 heteroatoms. The fraction of sp³-hybridized carbons (Fsp3) is 0.636. The van der Waals surface area contributed by atoms with Gasteiger partial charge in [0.2, 0.25) is 5.91 Å². The zero-order valence-electron chi connectivity index (χ0n) is 17.7. The maximum Gasteiger partial charge on any atom is 0.260 e. The minimum Gasteiger partial charge on any atom is -0.483 e. The number of para-hydroxylation sites is 1. The fourth-order valence-electron chi connectivity index (χ4n) is 3.79. The molecule has 29 heavy (non-hydrogen) atoms. The quantitative estimate of drug-likeness (QED) is 0.783. The van der Waals surface area contributed by atoms with E-state index in [1.54, 1.807) is 4.90 Å². The van der Waals surface area contributed by atoms with Crippen LogP contribution in [-0.4, -0.2) is 59.3 Å². The fourth-order valence-corrected chi connectivity index (χ4v) is 3.79. The van der Waals surface area contributed by atoms with E-state index >= 15 is 0 Å². The standard InChI is InChI=1S/C22H32N2O5/c1-14(2)21(27)23-16-8-10-24(11-9-17(16)25)19(26)13-28-18-7-5-6-15-12-22(3,4)29-20(15)18/h5-7,14,16-17,25H,8-13H2,1-4H3,(H,23,27)/t16-,17-/m0/s1. The second-order valence-electron chi connectivity index (χ2n) is 8.87. The molecule has 0 bridgehead atoms. The van der Waals surface area contributed by atoms with Crippen molar-refractivity contribution in [1.82, 2.24) is 10.2 Å². The molecule has 1 aromatic rings. The van der Waals surface area contributed by atoms with Crippen LogP contribution in [0.4, 0.5) is 0 Å². The number of nitrogens with one attached hydrogen (secondary N) is 1. The summed E-state index contributed by atoms with van der Waals surface area (Å²) in [5.41, 5.74) is 0.809. The largest absolute Gasteiger partial charge is 0.483 e. The summed E-state index contributed by atoms with van der Waals surface area (Å²) < 4.78 is 11.8. The predicted octanol–water partition coefficient (Wildman–Crippen LogP) is 1.90. The zero-order chi connectivity index (χ0) is 21.2. The van der Waals surface area contributed by atoms with E-state index < -0.39 is 6.10 Å². The molecule has 0 aliphatic carbocycles. The van der Waals surface area contributed by atoms with E-state index in [0.29, 0.717) is 37.4 Å². The van der Waals surface area contributed by atoms with Gasteiger partial charge in [-0.1, -0.05) is 26.0 Å². The normalized spacial score (nSPS) is 23.2. The van der Waals surface area contributed by atoms with Crippen LogP contribution in [-0.2, 0) is 16.0 Å². The number of nitrogens with zero attached hydrogens (tertiary/aromatic N) is 1. The van der Waals surface area contributed by atoms with E-state index in [1.807, 2.05) is 45.9 Å². The Hall–Kier alpha value is -2.28. The van der Waals surface area contributed by atoms with Crippen molar-refractivity contribution in [2.24, 2.45) is 5.92 Å². The molecule has 2 N–H and O–H groups in total. The molecule has 0 aromatic heterocycles. The van der Waals surface area contributed by atoms with Gasteiger partial charge < -0.3 is 24.8 Å². The molecule has 0 unspecified atom stereocenters. The minimum atomic E-state index is -0.663. The molecular weight excluding hydrogens is 372 g/mol. The highest BCUT2D eigenvalue weighted by Crippen LogP contribution is 2.41. The van der Waals surface area contributed by atoms with Gasteiger partial charge in [0.15, 0.2) is 18.1 Å². The van der Waals surface area contributed by atoms with Gasteiger partial charge >= 0.3 is 0 Å². The lowest BCUT2D eigenvalue weighted by molar-refractivity contribution is -0.133. The SMILES string of the molecule is CC(C)C(=O)N[C@H]1CCN(C(=O)COc2cccc3c2OC(C)(C)C3)CC[C@@H]1O. The van der Waals surface area contributed by atoms with Gasteiger partial charge in [-0.2, -0.15) is 0 Å². The van der Waals surface area contributed by atoms with Crippen molar-refractivity contribution in [2.75, 3.05) is 19.7 Å². The summed E-state index contributed by atoms with van der Waals surface area (Å²) in [5.74, 6) is 0.934. The first kappa shape index (κ1) is 21.4. The van der Waals surface area contributed by atoms with Crippen molar-refractivity contribution in [3.63, 3.8) is 0 Å². The lowest BCUT2D eigenvalue weighted by Gasteiger charge is -2.22. The van der Waals surface area contributed by atoms with Crippen molar-refractivity contribution < 1.29 is 24.2 Å². The first-order chi connectivity index (χ1) is 13.7. The van der Waals surface area contributed by atoms with Crippen molar-refractivity contribution in [3.8, 4) is 11.5 Å². The number of aliphatic hydroxyl groups is 1.